The maximum Gasteiger partial charge on any atom is 0.404 e. The van der Waals surface area contributed by atoms with E-state index in [4.69, 9.17) is 5.73 Å². The predicted molar refractivity (Wildman–Crippen MR) is 61.3 cm³/mol. The lowest BCUT2D eigenvalue weighted by molar-refractivity contribution is -0.129. The maximum absolute atomic E-state index is 11.6. The highest BCUT2D eigenvalue weighted by Crippen LogP contribution is 2.28. The van der Waals surface area contributed by atoms with Gasteiger partial charge in [-0.25, -0.2) is 9.80 Å². The highest BCUT2D eigenvalue weighted by molar-refractivity contribution is 6.04. The molecule has 1 aliphatic carbocycles. The molecule has 2 aliphatic rings. The van der Waals surface area contributed by atoms with Crippen LogP contribution in [0.25, 0.3) is 0 Å². The van der Waals surface area contributed by atoms with Crippen LogP contribution in [-0.2, 0) is 9.53 Å². The third-order valence-corrected chi connectivity index (χ3v) is 3.20. The smallest absolute Gasteiger partial charge is 0.404 e. The second-order valence-electron chi connectivity index (χ2n) is 4.53. The van der Waals surface area contributed by atoms with Gasteiger partial charge in [-0.05, 0) is 18.8 Å². The van der Waals surface area contributed by atoms with Crippen molar-refractivity contribution in [2.75, 3.05) is 13.2 Å². The average molecular weight is 239 g/mol. The fourth-order valence-corrected chi connectivity index (χ4v) is 2.00. The molecule has 1 saturated carbocycles. The summed E-state index contributed by atoms with van der Waals surface area (Å²) in [5, 5.41) is 5.82. The standard InChI is InChI=1S/C11H17N3O3/c12-11(16)17-5-4-9-6-10(15)14(13-9)7-8-2-1-3-8/h8H,1-7H2,(H2,12,16). The van der Waals surface area contributed by atoms with Gasteiger partial charge < -0.3 is 10.5 Å². The molecule has 0 radical (unpaired) electrons. The minimum absolute atomic E-state index is 0.0472. The number of rotatable bonds is 5. The molecule has 0 saturated heterocycles. The molecular weight excluding hydrogens is 222 g/mol. The Balaban J connectivity index is 1.76. The van der Waals surface area contributed by atoms with Gasteiger partial charge in [0.15, 0.2) is 0 Å². The lowest BCUT2D eigenvalue weighted by Crippen LogP contribution is -2.30. The molecule has 6 heteroatoms. The molecule has 0 bridgehead atoms. The van der Waals surface area contributed by atoms with Crippen molar-refractivity contribution in [1.29, 1.82) is 0 Å². The van der Waals surface area contributed by atoms with Crippen LogP contribution in [0.2, 0.25) is 0 Å². The third-order valence-electron chi connectivity index (χ3n) is 3.20. The SMILES string of the molecule is NC(=O)OCCC1=NN(CC2CCC2)C(=O)C1. The topological polar surface area (TPSA) is 85.0 Å². The van der Waals surface area contributed by atoms with Crippen LogP contribution in [0.4, 0.5) is 4.79 Å². The Labute approximate surface area is 99.8 Å². The number of carbonyl (C=O) groups excluding carboxylic acids is 2. The summed E-state index contributed by atoms with van der Waals surface area (Å²) in [7, 11) is 0. The molecule has 2 amide bonds. The van der Waals surface area contributed by atoms with Crippen LogP contribution >= 0.6 is 0 Å². The molecule has 94 valence electrons. The first kappa shape index (κ1) is 11.9. The zero-order valence-electron chi connectivity index (χ0n) is 9.72. The second-order valence-corrected chi connectivity index (χ2v) is 4.53. The minimum atomic E-state index is -0.791. The van der Waals surface area contributed by atoms with E-state index in [0.29, 0.717) is 18.8 Å². The number of ether oxygens (including phenoxy) is 1. The van der Waals surface area contributed by atoms with E-state index >= 15 is 0 Å². The van der Waals surface area contributed by atoms with Crippen LogP contribution in [0, 0.1) is 5.92 Å². The monoisotopic (exact) mass is 239 g/mol. The zero-order chi connectivity index (χ0) is 12.3. The van der Waals surface area contributed by atoms with Gasteiger partial charge in [-0.3, -0.25) is 4.79 Å². The number of hydrazone groups is 1. The van der Waals surface area contributed by atoms with Crippen molar-refractivity contribution in [3.8, 4) is 0 Å². The van der Waals surface area contributed by atoms with E-state index in [-0.39, 0.29) is 12.5 Å². The summed E-state index contributed by atoms with van der Waals surface area (Å²) in [6, 6.07) is 0. The Hall–Kier alpha value is -1.59. The van der Waals surface area contributed by atoms with E-state index < -0.39 is 6.09 Å². The first-order chi connectivity index (χ1) is 8.15. The molecule has 1 fully saturated rings. The van der Waals surface area contributed by atoms with Gasteiger partial charge in [-0.15, -0.1) is 0 Å². The van der Waals surface area contributed by atoms with Gasteiger partial charge in [-0.1, -0.05) is 6.42 Å². The van der Waals surface area contributed by atoms with Gasteiger partial charge in [-0.2, -0.15) is 5.10 Å². The summed E-state index contributed by atoms with van der Waals surface area (Å²) in [6.07, 6.45) is 3.68. The number of amides is 2. The molecule has 0 spiro atoms. The fourth-order valence-electron chi connectivity index (χ4n) is 2.00. The van der Waals surface area contributed by atoms with E-state index in [9.17, 15) is 9.59 Å². The van der Waals surface area contributed by atoms with E-state index in [1.54, 1.807) is 5.01 Å². The first-order valence-electron chi connectivity index (χ1n) is 5.94. The van der Waals surface area contributed by atoms with E-state index in [0.717, 1.165) is 12.3 Å². The summed E-state index contributed by atoms with van der Waals surface area (Å²) in [5.41, 5.74) is 5.62. The molecule has 17 heavy (non-hydrogen) atoms. The molecule has 0 atom stereocenters. The molecule has 2 rings (SSSR count). The summed E-state index contributed by atoms with van der Waals surface area (Å²) in [6.45, 7) is 0.928. The lowest BCUT2D eigenvalue weighted by Gasteiger charge is -2.27. The molecule has 0 unspecified atom stereocenters. The summed E-state index contributed by atoms with van der Waals surface area (Å²) < 4.78 is 4.62. The summed E-state index contributed by atoms with van der Waals surface area (Å²) >= 11 is 0. The van der Waals surface area contributed by atoms with Gasteiger partial charge in [0.05, 0.1) is 18.7 Å². The fraction of sp³-hybridized carbons (Fsp3) is 0.727. The molecule has 2 N–H and O–H groups in total. The van der Waals surface area contributed by atoms with Crippen LogP contribution < -0.4 is 5.73 Å². The van der Waals surface area contributed by atoms with Crippen molar-refractivity contribution in [3.05, 3.63) is 0 Å². The molecular formula is C11H17N3O3. The van der Waals surface area contributed by atoms with Crippen molar-refractivity contribution in [2.45, 2.75) is 32.1 Å². The Bertz CT molecular complexity index is 350. The van der Waals surface area contributed by atoms with E-state index in [2.05, 4.69) is 9.84 Å². The van der Waals surface area contributed by atoms with Crippen molar-refractivity contribution < 1.29 is 14.3 Å². The zero-order valence-corrected chi connectivity index (χ0v) is 9.72. The van der Waals surface area contributed by atoms with Crippen molar-refractivity contribution in [3.63, 3.8) is 0 Å². The Kier molecular flexibility index (Phi) is 3.61. The highest BCUT2D eigenvalue weighted by atomic mass is 16.5. The summed E-state index contributed by atoms with van der Waals surface area (Å²) in [4.78, 5) is 22.0. The number of carbonyl (C=O) groups is 2. The summed E-state index contributed by atoms with van der Waals surface area (Å²) in [5.74, 6) is 0.662. The highest BCUT2D eigenvalue weighted by Gasteiger charge is 2.28. The Morgan fingerprint density at radius 3 is 2.88 bits per heavy atom. The number of nitrogens with two attached hydrogens (primary N) is 1. The molecule has 1 aliphatic heterocycles. The van der Waals surface area contributed by atoms with Gasteiger partial charge in [0.1, 0.15) is 0 Å². The molecule has 1 heterocycles. The predicted octanol–water partition coefficient (Wildman–Crippen LogP) is 0.860. The van der Waals surface area contributed by atoms with Gasteiger partial charge in [0.2, 0.25) is 5.91 Å². The largest absolute Gasteiger partial charge is 0.449 e. The number of hydrogen-bond donors (Lipinski definition) is 1. The quantitative estimate of drug-likeness (QED) is 0.772. The number of hydrogen-bond acceptors (Lipinski definition) is 4. The second kappa shape index (κ2) is 5.16. The van der Waals surface area contributed by atoms with Crippen molar-refractivity contribution >= 4 is 17.7 Å². The molecule has 0 aromatic carbocycles. The average Bonchev–Trinajstić information content (AvgIpc) is 2.52. The lowest BCUT2D eigenvalue weighted by atomic mass is 9.85. The number of nitrogens with zero attached hydrogens (tertiary/aromatic N) is 2. The maximum atomic E-state index is 11.6. The van der Waals surface area contributed by atoms with Crippen molar-refractivity contribution in [2.24, 2.45) is 16.8 Å². The van der Waals surface area contributed by atoms with Crippen LogP contribution in [0.15, 0.2) is 5.10 Å². The third kappa shape index (κ3) is 3.18. The van der Waals surface area contributed by atoms with E-state index in [1.165, 1.54) is 19.3 Å². The molecule has 0 aromatic rings. The van der Waals surface area contributed by atoms with Gasteiger partial charge in [0, 0.05) is 13.0 Å². The van der Waals surface area contributed by atoms with Crippen LogP contribution in [0.5, 0.6) is 0 Å². The first-order valence-corrected chi connectivity index (χ1v) is 5.94. The minimum Gasteiger partial charge on any atom is -0.449 e. The normalized spacial score (nSPS) is 20.1. The van der Waals surface area contributed by atoms with Gasteiger partial charge in [0.25, 0.3) is 0 Å². The molecule has 6 nitrogen and oxygen atoms in total. The van der Waals surface area contributed by atoms with Crippen LogP contribution in [-0.4, -0.2) is 35.9 Å². The van der Waals surface area contributed by atoms with Crippen molar-refractivity contribution in [1.82, 2.24) is 5.01 Å². The van der Waals surface area contributed by atoms with E-state index in [1.807, 2.05) is 0 Å². The molecule has 0 aromatic heterocycles. The Morgan fingerprint density at radius 2 is 2.29 bits per heavy atom. The Morgan fingerprint density at radius 1 is 1.53 bits per heavy atom. The van der Waals surface area contributed by atoms with Crippen LogP contribution in [0.1, 0.15) is 32.1 Å². The van der Waals surface area contributed by atoms with Crippen LogP contribution in [0.3, 0.4) is 0 Å². The van der Waals surface area contributed by atoms with Gasteiger partial charge >= 0.3 is 6.09 Å². The number of primary amides is 1.